The molecule has 0 unspecified atom stereocenters. The van der Waals surface area contributed by atoms with Crippen molar-refractivity contribution in [1.82, 2.24) is 15.0 Å². The second-order valence-electron chi connectivity index (χ2n) is 4.99. The van der Waals surface area contributed by atoms with E-state index in [2.05, 4.69) is 10.1 Å². The number of hydrogen-bond donors (Lipinski definition) is 0. The van der Waals surface area contributed by atoms with E-state index in [0.717, 1.165) is 6.42 Å². The van der Waals surface area contributed by atoms with Crippen LogP contribution in [0, 0.1) is 6.92 Å². The molecule has 2 heterocycles. The fourth-order valence-corrected chi connectivity index (χ4v) is 2.57. The lowest BCUT2D eigenvalue weighted by Gasteiger charge is -2.16. The van der Waals surface area contributed by atoms with Gasteiger partial charge in [0.05, 0.1) is 16.6 Å². The van der Waals surface area contributed by atoms with Crippen molar-refractivity contribution in [2.75, 3.05) is 13.1 Å². The molecule has 8 heteroatoms. The molecule has 2 aromatic rings. The number of benzene rings is 1. The summed E-state index contributed by atoms with van der Waals surface area (Å²) in [4.78, 5) is 17.8. The van der Waals surface area contributed by atoms with E-state index in [4.69, 9.17) is 32.5 Å². The number of hydrogen-bond acceptors (Lipinski definition) is 5. The number of halogens is 2. The van der Waals surface area contributed by atoms with Crippen LogP contribution >= 0.6 is 23.2 Å². The summed E-state index contributed by atoms with van der Waals surface area (Å²) in [7, 11) is 0. The second-order valence-corrected chi connectivity index (χ2v) is 5.81. The third kappa shape index (κ3) is 3.18. The van der Waals surface area contributed by atoms with E-state index < -0.39 is 0 Å². The zero-order chi connectivity index (χ0) is 15.7. The van der Waals surface area contributed by atoms with E-state index in [-0.39, 0.29) is 17.8 Å². The van der Waals surface area contributed by atoms with Crippen LogP contribution in [0.4, 0.5) is 0 Å². The Labute approximate surface area is 136 Å². The van der Waals surface area contributed by atoms with Gasteiger partial charge in [-0.3, -0.25) is 4.79 Å². The molecule has 1 aromatic carbocycles. The standard InChI is InChI=1S/C14H13Cl2N3O3/c1-8-17-13(18-22-8)14(20)19-5-4-10(7-19)21-9-2-3-11(15)12(16)6-9/h2-3,6,10H,4-5,7H2,1H3/t10-/m1/s1. The van der Waals surface area contributed by atoms with Gasteiger partial charge in [0.1, 0.15) is 11.9 Å². The van der Waals surface area contributed by atoms with Crippen LogP contribution in [0.1, 0.15) is 22.9 Å². The predicted octanol–water partition coefficient (Wildman–Crippen LogP) is 2.98. The van der Waals surface area contributed by atoms with Crippen molar-refractivity contribution in [3.63, 3.8) is 0 Å². The highest BCUT2D eigenvalue weighted by molar-refractivity contribution is 6.42. The number of aromatic nitrogens is 2. The average Bonchev–Trinajstić information content (AvgIpc) is 3.11. The van der Waals surface area contributed by atoms with Crippen molar-refractivity contribution in [2.24, 2.45) is 0 Å². The molecule has 0 saturated carbocycles. The number of ether oxygens (including phenoxy) is 1. The number of carbonyl (C=O) groups is 1. The first kappa shape index (κ1) is 15.1. The number of likely N-dealkylation sites (tertiary alicyclic amines) is 1. The van der Waals surface area contributed by atoms with Gasteiger partial charge in [0.2, 0.25) is 5.89 Å². The zero-order valence-electron chi connectivity index (χ0n) is 11.8. The molecule has 0 bridgehead atoms. The first-order valence-corrected chi connectivity index (χ1v) is 7.50. The van der Waals surface area contributed by atoms with Crippen molar-refractivity contribution in [3.8, 4) is 5.75 Å². The molecule has 1 aliphatic heterocycles. The van der Waals surface area contributed by atoms with E-state index in [9.17, 15) is 4.79 Å². The third-order valence-electron chi connectivity index (χ3n) is 3.34. The third-order valence-corrected chi connectivity index (χ3v) is 4.08. The van der Waals surface area contributed by atoms with Crippen LogP contribution in [0.15, 0.2) is 22.7 Å². The number of rotatable bonds is 3. The molecule has 22 heavy (non-hydrogen) atoms. The molecule has 0 spiro atoms. The Balaban J connectivity index is 1.62. The minimum atomic E-state index is -0.253. The molecule has 1 aromatic heterocycles. The summed E-state index contributed by atoms with van der Waals surface area (Å²) in [6.07, 6.45) is 0.622. The zero-order valence-corrected chi connectivity index (χ0v) is 13.3. The van der Waals surface area contributed by atoms with Crippen LogP contribution in [-0.2, 0) is 0 Å². The van der Waals surface area contributed by atoms with Crippen LogP contribution in [0.25, 0.3) is 0 Å². The van der Waals surface area contributed by atoms with E-state index >= 15 is 0 Å². The van der Waals surface area contributed by atoms with Crippen molar-refractivity contribution in [1.29, 1.82) is 0 Å². The Hall–Kier alpha value is -1.79. The maximum Gasteiger partial charge on any atom is 0.295 e. The number of carbonyl (C=O) groups excluding carboxylic acids is 1. The maximum atomic E-state index is 12.2. The molecule has 1 amide bonds. The van der Waals surface area contributed by atoms with Gasteiger partial charge in [0, 0.05) is 26.0 Å². The Bertz CT molecular complexity index is 704. The van der Waals surface area contributed by atoms with E-state index in [1.54, 1.807) is 30.0 Å². The van der Waals surface area contributed by atoms with Gasteiger partial charge >= 0.3 is 0 Å². The van der Waals surface area contributed by atoms with Crippen molar-refractivity contribution >= 4 is 29.1 Å². The molecule has 116 valence electrons. The van der Waals surface area contributed by atoms with Gasteiger partial charge in [0.25, 0.3) is 11.7 Å². The quantitative estimate of drug-likeness (QED) is 0.858. The fourth-order valence-electron chi connectivity index (χ4n) is 2.28. The number of nitrogens with zero attached hydrogens (tertiary/aromatic N) is 3. The van der Waals surface area contributed by atoms with E-state index in [1.807, 2.05) is 0 Å². The van der Waals surface area contributed by atoms with E-state index in [1.165, 1.54) is 0 Å². The summed E-state index contributed by atoms with van der Waals surface area (Å²) in [5, 5.41) is 4.55. The summed E-state index contributed by atoms with van der Waals surface area (Å²) in [6.45, 7) is 2.69. The Morgan fingerprint density at radius 3 is 2.91 bits per heavy atom. The van der Waals surface area contributed by atoms with Crippen molar-refractivity contribution < 1.29 is 14.1 Å². The normalized spacial score (nSPS) is 17.8. The largest absolute Gasteiger partial charge is 0.488 e. The fraction of sp³-hybridized carbons (Fsp3) is 0.357. The van der Waals surface area contributed by atoms with Crippen molar-refractivity contribution in [2.45, 2.75) is 19.4 Å². The molecule has 6 nitrogen and oxygen atoms in total. The Morgan fingerprint density at radius 1 is 1.41 bits per heavy atom. The van der Waals surface area contributed by atoms with Crippen LogP contribution in [0.3, 0.4) is 0 Å². The minimum absolute atomic E-state index is 0.0766. The van der Waals surface area contributed by atoms with E-state index in [0.29, 0.717) is 34.8 Å². The minimum Gasteiger partial charge on any atom is -0.488 e. The number of aryl methyl sites for hydroxylation is 1. The Kier molecular flexibility index (Phi) is 4.22. The molecule has 1 fully saturated rings. The number of amides is 1. The van der Waals surface area contributed by atoms with Crippen LogP contribution in [0.2, 0.25) is 10.0 Å². The summed E-state index contributed by atoms with van der Waals surface area (Å²) in [6, 6.07) is 5.09. The van der Waals surface area contributed by atoms with Gasteiger partial charge in [-0.25, -0.2) is 0 Å². The second kappa shape index (κ2) is 6.14. The molecule has 0 aliphatic carbocycles. The first-order valence-electron chi connectivity index (χ1n) is 6.74. The SMILES string of the molecule is Cc1nc(C(=O)N2CC[C@@H](Oc3ccc(Cl)c(Cl)c3)C2)no1. The topological polar surface area (TPSA) is 68.5 Å². The molecule has 0 radical (unpaired) electrons. The smallest absolute Gasteiger partial charge is 0.295 e. The summed E-state index contributed by atoms with van der Waals surface area (Å²) in [5.41, 5.74) is 0. The Morgan fingerprint density at radius 2 is 2.23 bits per heavy atom. The van der Waals surface area contributed by atoms with Gasteiger partial charge in [-0.15, -0.1) is 0 Å². The van der Waals surface area contributed by atoms with Gasteiger partial charge in [0.15, 0.2) is 0 Å². The van der Waals surface area contributed by atoms with Crippen LogP contribution in [-0.4, -0.2) is 40.1 Å². The molecule has 1 atom stereocenters. The lowest BCUT2D eigenvalue weighted by atomic mass is 10.3. The molecular weight excluding hydrogens is 329 g/mol. The van der Waals surface area contributed by atoms with Gasteiger partial charge in [-0.1, -0.05) is 28.4 Å². The lowest BCUT2D eigenvalue weighted by Crippen LogP contribution is -2.31. The maximum absolute atomic E-state index is 12.2. The molecular formula is C14H13Cl2N3O3. The van der Waals surface area contributed by atoms with Gasteiger partial charge in [-0.05, 0) is 12.1 Å². The molecule has 0 N–H and O–H groups in total. The summed E-state index contributed by atoms with van der Waals surface area (Å²) >= 11 is 11.8. The molecule has 3 rings (SSSR count). The lowest BCUT2D eigenvalue weighted by molar-refractivity contribution is 0.0757. The highest BCUT2D eigenvalue weighted by Crippen LogP contribution is 2.28. The van der Waals surface area contributed by atoms with Crippen molar-refractivity contribution in [3.05, 3.63) is 40.0 Å². The molecule has 1 saturated heterocycles. The summed E-state index contributed by atoms with van der Waals surface area (Å²) in [5.74, 6) is 0.819. The highest BCUT2D eigenvalue weighted by Gasteiger charge is 2.30. The van der Waals surface area contributed by atoms with Gasteiger partial charge in [-0.2, -0.15) is 4.98 Å². The first-order chi connectivity index (χ1) is 10.5. The van der Waals surface area contributed by atoms with Crippen LogP contribution < -0.4 is 4.74 Å². The summed E-state index contributed by atoms with van der Waals surface area (Å²) < 4.78 is 10.7. The van der Waals surface area contributed by atoms with Crippen LogP contribution in [0.5, 0.6) is 5.75 Å². The highest BCUT2D eigenvalue weighted by atomic mass is 35.5. The average molecular weight is 342 g/mol. The van der Waals surface area contributed by atoms with Gasteiger partial charge < -0.3 is 14.2 Å². The predicted molar refractivity (Wildman–Crippen MR) is 80.4 cm³/mol. The molecule has 1 aliphatic rings. The monoisotopic (exact) mass is 341 g/mol.